The van der Waals surface area contributed by atoms with Crippen molar-refractivity contribution in [2.75, 3.05) is 6.61 Å². The lowest BCUT2D eigenvalue weighted by Gasteiger charge is -2.13. The average molecular weight is 303 g/mol. The van der Waals surface area contributed by atoms with Crippen LogP contribution in [0.2, 0.25) is 0 Å². The van der Waals surface area contributed by atoms with Crippen LogP contribution in [-0.2, 0) is 6.54 Å². The predicted octanol–water partition coefficient (Wildman–Crippen LogP) is 1.57. The Morgan fingerprint density at radius 3 is 2.76 bits per heavy atom. The number of nitrogens with zero attached hydrogens (tertiary/aromatic N) is 2. The second-order valence-electron chi connectivity index (χ2n) is 4.68. The van der Waals surface area contributed by atoms with E-state index in [0.29, 0.717) is 30.2 Å². The molecular formula is C15H17N3O2S. The van der Waals surface area contributed by atoms with Crippen LogP contribution < -0.4 is 16.2 Å². The van der Waals surface area contributed by atoms with E-state index in [1.165, 1.54) is 0 Å². The monoisotopic (exact) mass is 303 g/mol. The highest BCUT2D eigenvalue weighted by atomic mass is 32.1. The summed E-state index contributed by atoms with van der Waals surface area (Å²) >= 11 is 4.98. The molecule has 1 heterocycles. The Kier molecular flexibility index (Phi) is 4.70. The molecule has 1 aromatic carbocycles. The topological polar surface area (TPSA) is 70.1 Å². The number of aromatic nitrogens is 2. The molecule has 110 valence electrons. The molecule has 0 saturated heterocycles. The molecule has 0 saturated carbocycles. The number of rotatable bonds is 5. The normalized spacial score (nSPS) is 10.4. The maximum Gasteiger partial charge on any atom is 0.348 e. The van der Waals surface area contributed by atoms with Gasteiger partial charge in [0.2, 0.25) is 0 Å². The van der Waals surface area contributed by atoms with Gasteiger partial charge in [0.05, 0.1) is 12.1 Å². The SMILES string of the molecule is Cc1cc(C)n(CCOc2ccccc2C(N)=S)c(=O)n1. The zero-order valence-electron chi connectivity index (χ0n) is 12.0. The first kappa shape index (κ1) is 15.2. The minimum atomic E-state index is -0.265. The number of thiocarbonyl (C=S) groups is 1. The average Bonchev–Trinajstić information content (AvgIpc) is 2.42. The fourth-order valence-corrected chi connectivity index (χ4v) is 2.26. The van der Waals surface area contributed by atoms with Crippen LogP contribution in [0.3, 0.4) is 0 Å². The van der Waals surface area contributed by atoms with Crippen molar-refractivity contribution in [3.8, 4) is 5.75 Å². The quantitative estimate of drug-likeness (QED) is 0.849. The van der Waals surface area contributed by atoms with Gasteiger partial charge in [-0.3, -0.25) is 4.57 Å². The van der Waals surface area contributed by atoms with Gasteiger partial charge in [-0.05, 0) is 32.0 Å². The number of nitrogens with two attached hydrogens (primary N) is 1. The standard InChI is InChI=1S/C15H17N3O2S/c1-10-9-11(2)18(15(19)17-10)7-8-20-13-6-4-3-5-12(13)14(16)21/h3-6,9H,7-8H2,1-2H3,(H2,16,21). The Hall–Kier alpha value is -2.21. The molecule has 0 bridgehead atoms. The Morgan fingerprint density at radius 2 is 2.10 bits per heavy atom. The van der Waals surface area contributed by atoms with Crippen molar-refractivity contribution in [3.63, 3.8) is 0 Å². The molecule has 1 aromatic heterocycles. The number of aryl methyl sites for hydroxylation is 2. The Balaban J connectivity index is 2.09. The number of ether oxygens (including phenoxy) is 1. The zero-order chi connectivity index (χ0) is 15.4. The molecule has 6 heteroatoms. The summed E-state index contributed by atoms with van der Waals surface area (Å²) in [7, 11) is 0. The van der Waals surface area contributed by atoms with E-state index in [1.807, 2.05) is 31.2 Å². The molecule has 0 aliphatic rings. The summed E-state index contributed by atoms with van der Waals surface area (Å²) in [6.07, 6.45) is 0. The molecule has 0 radical (unpaired) electrons. The van der Waals surface area contributed by atoms with Crippen molar-refractivity contribution in [3.05, 3.63) is 57.8 Å². The van der Waals surface area contributed by atoms with Gasteiger partial charge in [0.1, 0.15) is 17.3 Å². The van der Waals surface area contributed by atoms with E-state index < -0.39 is 0 Å². The highest BCUT2D eigenvalue weighted by molar-refractivity contribution is 7.80. The van der Waals surface area contributed by atoms with Crippen LogP contribution in [0.1, 0.15) is 17.0 Å². The molecule has 2 N–H and O–H groups in total. The van der Waals surface area contributed by atoms with Crippen molar-refractivity contribution < 1.29 is 4.74 Å². The highest BCUT2D eigenvalue weighted by Crippen LogP contribution is 2.17. The fourth-order valence-electron chi connectivity index (χ4n) is 2.09. The lowest BCUT2D eigenvalue weighted by atomic mass is 10.2. The van der Waals surface area contributed by atoms with Crippen LogP contribution in [0.15, 0.2) is 35.1 Å². The molecule has 0 unspecified atom stereocenters. The van der Waals surface area contributed by atoms with Gasteiger partial charge in [-0.15, -0.1) is 0 Å². The zero-order valence-corrected chi connectivity index (χ0v) is 12.8. The summed E-state index contributed by atoms with van der Waals surface area (Å²) in [5.41, 5.74) is 7.65. The third kappa shape index (κ3) is 3.66. The molecule has 0 atom stereocenters. The van der Waals surface area contributed by atoms with E-state index in [1.54, 1.807) is 17.6 Å². The first-order valence-electron chi connectivity index (χ1n) is 6.56. The van der Waals surface area contributed by atoms with Crippen molar-refractivity contribution >= 4 is 17.2 Å². The first-order chi connectivity index (χ1) is 9.99. The van der Waals surface area contributed by atoms with Gasteiger partial charge in [0.15, 0.2) is 0 Å². The predicted molar refractivity (Wildman–Crippen MR) is 85.8 cm³/mol. The summed E-state index contributed by atoms with van der Waals surface area (Å²) in [5, 5.41) is 0. The first-order valence-corrected chi connectivity index (χ1v) is 6.96. The molecule has 0 spiro atoms. The molecule has 2 rings (SSSR count). The van der Waals surface area contributed by atoms with Crippen LogP contribution in [-0.4, -0.2) is 21.1 Å². The van der Waals surface area contributed by atoms with Gasteiger partial charge in [-0.2, -0.15) is 4.98 Å². The minimum Gasteiger partial charge on any atom is -0.491 e. The highest BCUT2D eigenvalue weighted by Gasteiger charge is 2.07. The fraction of sp³-hybridized carbons (Fsp3) is 0.267. The van der Waals surface area contributed by atoms with Gasteiger partial charge in [0, 0.05) is 11.4 Å². The second kappa shape index (κ2) is 6.49. The molecule has 2 aromatic rings. The van der Waals surface area contributed by atoms with E-state index in [-0.39, 0.29) is 10.7 Å². The summed E-state index contributed by atoms with van der Waals surface area (Å²) in [6, 6.07) is 9.17. The summed E-state index contributed by atoms with van der Waals surface area (Å²) in [4.78, 5) is 16.0. The van der Waals surface area contributed by atoms with E-state index >= 15 is 0 Å². The van der Waals surface area contributed by atoms with Gasteiger partial charge < -0.3 is 10.5 Å². The second-order valence-corrected chi connectivity index (χ2v) is 5.12. The minimum absolute atomic E-state index is 0.265. The molecule has 0 fully saturated rings. The van der Waals surface area contributed by atoms with Gasteiger partial charge in [0.25, 0.3) is 0 Å². The molecular weight excluding hydrogens is 286 g/mol. The number of hydrogen-bond donors (Lipinski definition) is 1. The maximum absolute atomic E-state index is 11.8. The van der Waals surface area contributed by atoms with Gasteiger partial charge in [-0.25, -0.2) is 4.79 Å². The van der Waals surface area contributed by atoms with Crippen molar-refractivity contribution in [2.45, 2.75) is 20.4 Å². The van der Waals surface area contributed by atoms with E-state index in [0.717, 1.165) is 5.69 Å². The van der Waals surface area contributed by atoms with Gasteiger partial charge in [-0.1, -0.05) is 24.4 Å². The van der Waals surface area contributed by atoms with E-state index in [9.17, 15) is 4.79 Å². The van der Waals surface area contributed by atoms with Crippen LogP contribution in [0.4, 0.5) is 0 Å². The lowest BCUT2D eigenvalue weighted by molar-refractivity contribution is 0.293. The van der Waals surface area contributed by atoms with Crippen molar-refractivity contribution in [1.29, 1.82) is 0 Å². The maximum atomic E-state index is 11.8. The Bertz CT molecular complexity index is 725. The molecule has 5 nitrogen and oxygen atoms in total. The van der Waals surface area contributed by atoms with E-state index in [2.05, 4.69) is 4.98 Å². The molecule has 21 heavy (non-hydrogen) atoms. The smallest absolute Gasteiger partial charge is 0.348 e. The molecule has 0 amide bonds. The van der Waals surface area contributed by atoms with Crippen LogP contribution in [0, 0.1) is 13.8 Å². The Morgan fingerprint density at radius 1 is 1.38 bits per heavy atom. The Labute approximate surface area is 128 Å². The van der Waals surface area contributed by atoms with Crippen molar-refractivity contribution in [1.82, 2.24) is 9.55 Å². The van der Waals surface area contributed by atoms with Crippen LogP contribution in [0.25, 0.3) is 0 Å². The number of para-hydroxylation sites is 1. The summed E-state index contributed by atoms with van der Waals surface area (Å²) < 4.78 is 7.27. The molecule has 0 aliphatic carbocycles. The van der Waals surface area contributed by atoms with Gasteiger partial charge >= 0.3 is 5.69 Å². The lowest BCUT2D eigenvalue weighted by Crippen LogP contribution is -2.28. The summed E-state index contributed by atoms with van der Waals surface area (Å²) in [5.74, 6) is 0.621. The number of hydrogen-bond acceptors (Lipinski definition) is 4. The van der Waals surface area contributed by atoms with Crippen molar-refractivity contribution in [2.24, 2.45) is 5.73 Å². The van der Waals surface area contributed by atoms with Crippen LogP contribution in [0.5, 0.6) is 5.75 Å². The summed E-state index contributed by atoms with van der Waals surface area (Å²) in [6.45, 7) is 4.43. The van der Waals surface area contributed by atoms with E-state index in [4.69, 9.17) is 22.7 Å². The third-order valence-electron chi connectivity index (χ3n) is 3.07. The van der Waals surface area contributed by atoms with Crippen LogP contribution >= 0.6 is 12.2 Å². The molecule has 0 aliphatic heterocycles. The largest absolute Gasteiger partial charge is 0.491 e. The number of benzene rings is 1. The third-order valence-corrected chi connectivity index (χ3v) is 3.29.